The fraction of sp³-hybridized carbons (Fsp3) is 0.450. The van der Waals surface area contributed by atoms with Crippen molar-refractivity contribution in [3.05, 3.63) is 47.4 Å². The van der Waals surface area contributed by atoms with Gasteiger partial charge >= 0.3 is 5.97 Å². The molecule has 0 bridgehead atoms. The predicted octanol–water partition coefficient (Wildman–Crippen LogP) is 4.82. The van der Waals surface area contributed by atoms with E-state index in [-0.39, 0.29) is 5.41 Å². The molecule has 0 aliphatic heterocycles. The highest BCUT2D eigenvalue weighted by Crippen LogP contribution is 2.26. The van der Waals surface area contributed by atoms with Gasteiger partial charge in [-0.1, -0.05) is 46.8 Å². The molecule has 6 nitrogen and oxygen atoms in total. The Bertz CT molecular complexity index is 715. The van der Waals surface area contributed by atoms with Gasteiger partial charge in [-0.15, -0.1) is 12.8 Å². The number of thiol groups is 1. The van der Waals surface area contributed by atoms with Crippen LogP contribution >= 0.6 is 12.8 Å². The molecule has 0 atom stereocenters. The lowest BCUT2D eigenvalue weighted by Gasteiger charge is -2.20. The summed E-state index contributed by atoms with van der Waals surface area (Å²) >= 11 is 3.03. The van der Waals surface area contributed by atoms with Crippen molar-refractivity contribution in [1.29, 1.82) is 0 Å². The van der Waals surface area contributed by atoms with Gasteiger partial charge in [0.1, 0.15) is 17.2 Å². The number of anilines is 2. The first-order valence-electron chi connectivity index (χ1n) is 8.95. The number of esters is 1. The van der Waals surface area contributed by atoms with Crippen LogP contribution in [0, 0.1) is 6.92 Å². The Balaban J connectivity index is 0.00000158. The van der Waals surface area contributed by atoms with Crippen LogP contribution in [-0.4, -0.2) is 22.5 Å². The minimum absolute atomic E-state index is 0.0449. The second-order valence-corrected chi connectivity index (χ2v) is 6.36. The lowest BCUT2D eigenvalue weighted by atomic mass is 9.87. The fourth-order valence-electron chi connectivity index (χ4n) is 2.12. The van der Waals surface area contributed by atoms with E-state index >= 15 is 0 Å². The van der Waals surface area contributed by atoms with Gasteiger partial charge in [0.15, 0.2) is 0 Å². The van der Waals surface area contributed by atoms with E-state index in [1.165, 1.54) is 11.8 Å². The van der Waals surface area contributed by atoms with E-state index < -0.39 is 5.97 Å². The summed E-state index contributed by atoms with van der Waals surface area (Å²) in [5.74, 6) is 0.622. The van der Waals surface area contributed by atoms with Crippen molar-refractivity contribution in [2.45, 2.75) is 53.9 Å². The zero-order valence-corrected chi connectivity index (χ0v) is 18.2. The third-order valence-corrected chi connectivity index (χ3v) is 3.40. The lowest BCUT2D eigenvalue weighted by molar-refractivity contribution is 0.0526. The SMILES string of the molecule is CC.CCOC(=O)c1cnc(C)nc1Nc1cccc(C(C)(C)C)c1.NS. The van der Waals surface area contributed by atoms with Gasteiger partial charge in [-0.3, -0.25) is 5.14 Å². The number of nitrogens with two attached hydrogens (primary N) is 1. The Morgan fingerprint density at radius 2 is 1.89 bits per heavy atom. The smallest absolute Gasteiger partial charge is 0.343 e. The maximum absolute atomic E-state index is 12.1. The molecule has 0 spiro atoms. The number of rotatable bonds is 4. The van der Waals surface area contributed by atoms with E-state index in [1.54, 1.807) is 13.8 Å². The molecule has 2 aromatic rings. The number of benzene rings is 1. The van der Waals surface area contributed by atoms with E-state index in [0.717, 1.165) is 5.69 Å². The van der Waals surface area contributed by atoms with Gasteiger partial charge in [0.25, 0.3) is 0 Å². The quantitative estimate of drug-likeness (QED) is 0.510. The molecule has 0 aliphatic carbocycles. The Morgan fingerprint density at radius 3 is 2.44 bits per heavy atom. The third kappa shape index (κ3) is 7.97. The number of nitrogens with one attached hydrogen (secondary N) is 1. The molecule has 0 fully saturated rings. The van der Waals surface area contributed by atoms with Gasteiger partial charge in [-0.25, -0.2) is 14.8 Å². The number of hydrogen-bond acceptors (Lipinski definition) is 7. The summed E-state index contributed by atoms with van der Waals surface area (Å²) in [5.41, 5.74) is 2.45. The average Bonchev–Trinajstić information content (AvgIpc) is 2.65. The molecule has 0 saturated carbocycles. The number of carbonyl (C=O) groups is 1. The van der Waals surface area contributed by atoms with Gasteiger partial charge in [-0.05, 0) is 37.0 Å². The molecule has 0 aliphatic rings. The summed E-state index contributed by atoms with van der Waals surface area (Å²) in [5, 5.41) is 7.41. The van der Waals surface area contributed by atoms with E-state index in [0.29, 0.717) is 23.8 Å². The first-order chi connectivity index (χ1) is 12.8. The average molecular weight is 393 g/mol. The third-order valence-electron chi connectivity index (χ3n) is 3.40. The van der Waals surface area contributed by atoms with Crippen molar-refractivity contribution in [3.63, 3.8) is 0 Å². The highest BCUT2D eigenvalue weighted by atomic mass is 32.1. The number of ether oxygens (including phenoxy) is 1. The zero-order chi connectivity index (χ0) is 21.0. The molecule has 0 unspecified atom stereocenters. The van der Waals surface area contributed by atoms with Gasteiger partial charge in [0.2, 0.25) is 0 Å². The standard InChI is InChI=1S/C18H23N3O2.C2H6.H3NS/c1-6-23-17(22)15-11-19-12(2)20-16(15)21-14-9-7-8-13(10-14)18(3,4)5;2*1-2/h7-11H,6H2,1-5H3,(H,19,20,21);1-2H3;2H,1H2. The summed E-state index contributed by atoms with van der Waals surface area (Å²) in [6.45, 7) is 14.3. The number of carbonyl (C=O) groups excluding carboxylic acids is 1. The van der Waals surface area contributed by atoms with Crippen LogP contribution in [0.1, 0.15) is 63.3 Å². The molecule has 0 saturated heterocycles. The first-order valence-corrected chi connectivity index (χ1v) is 9.47. The lowest BCUT2D eigenvalue weighted by Crippen LogP contribution is -2.13. The number of nitrogens with zero attached hydrogens (tertiary/aromatic N) is 2. The predicted molar refractivity (Wildman–Crippen MR) is 116 cm³/mol. The largest absolute Gasteiger partial charge is 0.462 e. The van der Waals surface area contributed by atoms with Crippen molar-refractivity contribution < 1.29 is 9.53 Å². The van der Waals surface area contributed by atoms with E-state index in [2.05, 4.69) is 66.1 Å². The molecular weight excluding hydrogens is 360 g/mol. The topological polar surface area (TPSA) is 90.1 Å². The van der Waals surface area contributed by atoms with Crippen LogP contribution in [0.5, 0.6) is 0 Å². The van der Waals surface area contributed by atoms with Gasteiger partial charge in [-0.2, -0.15) is 0 Å². The van der Waals surface area contributed by atoms with Crippen LogP contribution in [0.4, 0.5) is 11.5 Å². The monoisotopic (exact) mass is 392 g/mol. The second kappa shape index (κ2) is 12.3. The molecule has 2 rings (SSSR count). The Morgan fingerprint density at radius 1 is 1.26 bits per heavy atom. The zero-order valence-electron chi connectivity index (χ0n) is 17.3. The summed E-state index contributed by atoms with van der Waals surface area (Å²) in [6, 6.07) is 8.08. The summed E-state index contributed by atoms with van der Waals surface area (Å²) < 4.78 is 5.07. The van der Waals surface area contributed by atoms with E-state index in [1.807, 2.05) is 26.0 Å². The van der Waals surface area contributed by atoms with Crippen molar-refractivity contribution in [2.75, 3.05) is 11.9 Å². The van der Waals surface area contributed by atoms with Crippen molar-refractivity contribution >= 4 is 30.3 Å². The normalized spacial score (nSPS) is 9.96. The molecule has 1 aromatic carbocycles. The van der Waals surface area contributed by atoms with Gasteiger partial charge in [0, 0.05) is 11.9 Å². The molecule has 1 heterocycles. The van der Waals surface area contributed by atoms with Gasteiger partial charge in [0.05, 0.1) is 6.61 Å². The van der Waals surface area contributed by atoms with Crippen LogP contribution in [-0.2, 0) is 10.2 Å². The Kier molecular flexibility index (Phi) is 11.3. The molecule has 1 aromatic heterocycles. The molecule has 0 amide bonds. The Labute approximate surface area is 168 Å². The van der Waals surface area contributed by atoms with Crippen LogP contribution in [0.2, 0.25) is 0 Å². The molecule has 150 valence electrons. The highest BCUT2D eigenvalue weighted by Gasteiger charge is 2.17. The molecule has 3 N–H and O–H groups in total. The summed E-state index contributed by atoms with van der Waals surface area (Å²) in [6.07, 6.45) is 1.50. The summed E-state index contributed by atoms with van der Waals surface area (Å²) in [7, 11) is 0. The minimum Gasteiger partial charge on any atom is -0.462 e. The fourth-order valence-corrected chi connectivity index (χ4v) is 2.12. The number of aryl methyl sites for hydroxylation is 1. The van der Waals surface area contributed by atoms with E-state index in [4.69, 9.17) is 4.74 Å². The molecular formula is C20H32N4O2S. The molecule has 0 radical (unpaired) electrons. The maximum Gasteiger partial charge on any atom is 0.343 e. The second-order valence-electron chi connectivity index (χ2n) is 6.36. The van der Waals surface area contributed by atoms with Crippen molar-refractivity contribution in [2.24, 2.45) is 5.14 Å². The highest BCUT2D eigenvalue weighted by molar-refractivity contribution is 7.77. The van der Waals surface area contributed by atoms with Crippen LogP contribution in [0.3, 0.4) is 0 Å². The van der Waals surface area contributed by atoms with Crippen LogP contribution < -0.4 is 10.5 Å². The number of aromatic nitrogens is 2. The minimum atomic E-state index is -0.429. The first kappa shape index (κ1) is 24.9. The molecule has 27 heavy (non-hydrogen) atoms. The summed E-state index contributed by atoms with van der Waals surface area (Å²) in [4.78, 5) is 20.5. The van der Waals surface area contributed by atoms with Crippen LogP contribution in [0.25, 0.3) is 0 Å². The maximum atomic E-state index is 12.1. The van der Waals surface area contributed by atoms with E-state index in [9.17, 15) is 4.79 Å². The van der Waals surface area contributed by atoms with Crippen molar-refractivity contribution in [1.82, 2.24) is 9.97 Å². The molecule has 7 heteroatoms. The van der Waals surface area contributed by atoms with Gasteiger partial charge < -0.3 is 10.1 Å². The van der Waals surface area contributed by atoms with Crippen LogP contribution in [0.15, 0.2) is 30.5 Å². The number of hydrogen-bond donors (Lipinski definition) is 3. The Hall–Kier alpha value is -2.12. The van der Waals surface area contributed by atoms with Crippen molar-refractivity contribution in [3.8, 4) is 0 Å².